The topological polar surface area (TPSA) is 112 Å². The van der Waals surface area contributed by atoms with E-state index < -0.39 is 0 Å². The molecule has 0 saturated carbocycles. The minimum atomic E-state index is -0.102. The Bertz CT molecular complexity index is 1980. The monoisotopic (exact) mass is 521 g/mol. The van der Waals surface area contributed by atoms with Gasteiger partial charge in [-0.15, -0.1) is 0 Å². The third kappa shape index (κ3) is 4.48. The quantitative estimate of drug-likeness (QED) is 0.234. The number of hydrogen-bond donors (Lipinski definition) is 3. The van der Waals surface area contributed by atoms with Crippen molar-refractivity contribution >= 4 is 33.4 Å². The minimum absolute atomic E-state index is 0.102. The van der Waals surface area contributed by atoms with Gasteiger partial charge < -0.3 is 10.3 Å². The molecule has 8 heteroatoms. The first-order valence-electron chi connectivity index (χ1n) is 12.9. The van der Waals surface area contributed by atoms with Gasteiger partial charge in [-0.05, 0) is 42.0 Å². The standard InChI is InChI=1S/C32H23N7O/c40-31(13-20-7-2-1-3-8-20)36-22-14-21(17-33-18-22)28-16-25-30(19-35-28)38-39-32(25)29-15-24-23(9-6-11-27(24)37-29)26-10-4-5-12-34-26/h1-12,14-19,37H,13H2,(H,36,40)(H,38,39). The molecule has 0 radical (unpaired) electrons. The molecule has 7 rings (SSSR count). The van der Waals surface area contributed by atoms with E-state index in [4.69, 9.17) is 0 Å². The van der Waals surface area contributed by atoms with Crippen LogP contribution < -0.4 is 5.32 Å². The molecule has 5 aromatic heterocycles. The molecule has 192 valence electrons. The summed E-state index contributed by atoms with van der Waals surface area (Å²) >= 11 is 0. The molecule has 0 aliphatic carbocycles. The minimum Gasteiger partial charge on any atom is -0.353 e. The molecular weight excluding hydrogens is 498 g/mol. The van der Waals surface area contributed by atoms with Crippen LogP contribution in [0.3, 0.4) is 0 Å². The van der Waals surface area contributed by atoms with E-state index in [1.165, 1.54) is 0 Å². The van der Waals surface area contributed by atoms with Crippen LogP contribution in [-0.4, -0.2) is 36.0 Å². The van der Waals surface area contributed by atoms with Crippen LogP contribution in [0.25, 0.3) is 55.7 Å². The summed E-state index contributed by atoms with van der Waals surface area (Å²) in [6, 6.07) is 27.7. The average molecular weight is 522 g/mol. The number of rotatable bonds is 6. The normalized spacial score (nSPS) is 11.2. The van der Waals surface area contributed by atoms with E-state index in [1.807, 2.05) is 66.7 Å². The molecule has 8 nitrogen and oxygen atoms in total. The maximum atomic E-state index is 12.6. The molecular formula is C32H23N7O. The van der Waals surface area contributed by atoms with Crippen LogP contribution in [0.5, 0.6) is 0 Å². The molecule has 0 aliphatic heterocycles. The summed E-state index contributed by atoms with van der Waals surface area (Å²) in [4.78, 5) is 29.6. The van der Waals surface area contributed by atoms with Gasteiger partial charge in [-0.3, -0.25) is 24.8 Å². The van der Waals surface area contributed by atoms with Crippen LogP contribution in [0.1, 0.15) is 5.56 Å². The third-order valence-corrected chi connectivity index (χ3v) is 6.83. The predicted octanol–water partition coefficient (Wildman–Crippen LogP) is 6.41. The first kappa shape index (κ1) is 23.5. The Hall–Kier alpha value is -5.63. The lowest BCUT2D eigenvalue weighted by Gasteiger charge is -2.07. The van der Waals surface area contributed by atoms with Crippen LogP contribution in [-0.2, 0) is 11.2 Å². The van der Waals surface area contributed by atoms with Gasteiger partial charge in [0.05, 0.1) is 47.1 Å². The summed E-state index contributed by atoms with van der Waals surface area (Å²) in [5.74, 6) is -0.102. The van der Waals surface area contributed by atoms with E-state index in [2.05, 4.69) is 53.6 Å². The van der Waals surface area contributed by atoms with Gasteiger partial charge in [0.15, 0.2) is 0 Å². The Kier molecular flexibility index (Phi) is 5.82. The lowest BCUT2D eigenvalue weighted by atomic mass is 10.1. The van der Waals surface area contributed by atoms with Crippen LogP contribution in [0, 0.1) is 0 Å². The van der Waals surface area contributed by atoms with Crippen molar-refractivity contribution in [2.75, 3.05) is 5.32 Å². The van der Waals surface area contributed by atoms with Gasteiger partial charge in [0.25, 0.3) is 0 Å². The van der Waals surface area contributed by atoms with E-state index >= 15 is 0 Å². The van der Waals surface area contributed by atoms with E-state index in [0.29, 0.717) is 12.1 Å². The van der Waals surface area contributed by atoms with Crippen LogP contribution in [0.2, 0.25) is 0 Å². The summed E-state index contributed by atoms with van der Waals surface area (Å²) in [5, 5.41) is 12.7. The Balaban J connectivity index is 1.21. The molecule has 0 bridgehead atoms. The summed E-state index contributed by atoms with van der Waals surface area (Å²) in [6.07, 6.45) is 7.24. The fourth-order valence-electron chi connectivity index (χ4n) is 4.94. The highest BCUT2D eigenvalue weighted by Gasteiger charge is 2.15. The molecule has 0 atom stereocenters. The second-order valence-electron chi connectivity index (χ2n) is 9.52. The molecule has 5 heterocycles. The number of carbonyl (C=O) groups excluding carboxylic acids is 1. The fourth-order valence-corrected chi connectivity index (χ4v) is 4.94. The number of H-pyrrole nitrogens is 2. The SMILES string of the molecule is O=C(Cc1ccccc1)Nc1cncc(-c2cc3c(-c4cc5c(-c6ccccn6)cccc5[nH]4)n[nH]c3cn2)c1. The summed E-state index contributed by atoms with van der Waals surface area (Å²) in [5.41, 5.74) is 8.57. The second kappa shape index (κ2) is 9.92. The highest BCUT2D eigenvalue weighted by Crippen LogP contribution is 2.34. The lowest BCUT2D eigenvalue weighted by molar-refractivity contribution is -0.115. The number of nitrogens with one attached hydrogen (secondary N) is 3. The average Bonchev–Trinajstić information content (AvgIpc) is 3.62. The van der Waals surface area contributed by atoms with Crippen molar-refractivity contribution in [2.24, 2.45) is 0 Å². The molecule has 0 saturated heterocycles. The van der Waals surface area contributed by atoms with Crippen molar-refractivity contribution in [1.29, 1.82) is 0 Å². The smallest absolute Gasteiger partial charge is 0.228 e. The maximum Gasteiger partial charge on any atom is 0.228 e. The van der Waals surface area contributed by atoms with Crippen molar-refractivity contribution in [3.63, 3.8) is 0 Å². The third-order valence-electron chi connectivity index (χ3n) is 6.83. The van der Waals surface area contributed by atoms with E-state index in [-0.39, 0.29) is 5.91 Å². The summed E-state index contributed by atoms with van der Waals surface area (Å²) < 4.78 is 0. The van der Waals surface area contributed by atoms with Crippen molar-refractivity contribution in [1.82, 2.24) is 30.1 Å². The first-order chi connectivity index (χ1) is 19.7. The van der Waals surface area contributed by atoms with Gasteiger partial charge in [0.1, 0.15) is 5.69 Å². The van der Waals surface area contributed by atoms with Crippen LogP contribution in [0.15, 0.2) is 110 Å². The number of pyridine rings is 3. The van der Waals surface area contributed by atoms with Crippen molar-refractivity contribution in [2.45, 2.75) is 6.42 Å². The molecule has 3 N–H and O–H groups in total. The zero-order chi connectivity index (χ0) is 26.9. The van der Waals surface area contributed by atoms with Gasteiger partial charge in [0.2, 0.25) is 5.91 Å². The summed E-state index contributed by atoms with van der Waals surface area (Å²) in [6.45, 7) is 0. The largest absolute Gasteiger partial charge is 0.353 e. The zero-order valence-corrected chi connectivity index (χ0v) is 21.3. The van der Waals surface area contributed by atoms with Crippen molar-refractivity contribution < 1.29 is 4.79 Å². The number of anilines is 1. The number of benzene rings is 2. The Morgan fingerprint density at radius 1 is 0.775 bits per heavy atom. The van der Waals surface area contributed by atoms with E-state index in [9.17, 15) is 4.79 Å². The molecule has 0 unspecified atom stereocenters. The van der Waals surface area contributed by atoms with Gasteiger partial charge >= 0.3 is 0 Å². The summed E-state index contributed by atoms with van der Waals surface area (Å²) in [7, 11) is 0. The maximum absolute atomic E-state index is 12.6. The first-order valence-corrected chi connectivity index (χ1v) is 12.9. The van der Waals surface area contributed by atoms with Crippen LogP contribution >= 0.6 is 0 Å². The van der Waals surface area contributed by atoms with Gasteiger partial charge in [-0.1, -0.05) is 48.5 Å². The Labute approximate surface area is 229 Å². The highest BCUT2D eigenvalue weighted by molar-refractivity contribution is 6.01. The Morgan fingerprint density at radius 3 is 2.55 bits per heavy atom. The highest BCUT2D eigenvalue weighted by atomic mass is 16.1. The number of nitrogens with zero attached hydrogens (tertiary/aromatic N) is 4. The number of fused-ring (bicyclic) bond motifs is 2. The number of hydrogen-bond acceptors (Lipinski definition) is 5. The number of aromatic nitrogens is 6. The van der Waals surface area contributed by atoms with Gasteiger partial charge in [-0.2, -0.15) is 5.10 Å². The fraction of sp³-hybridized carbons (Fsp3) is 0.0312. The Morgan fingerprint density at radius 2 is 1.68 bits per heavy atom. The van der Waals surface area contributed by atoms with Gasteiger partial charge in [0, 0.05) is 39.8 Å². The molecule has 1 amide bonds. The second-order valence-corrected chi connectivity index (χ2v) is 9.52. The van der Waals surface area contributed by atoms with Crippen molar-refractivity contribution in [3.8, 4) is 33.9 Å². The van der Waals surface area contributed by atoms with Crippen LogP contribution in [0.4, 0.5) is 5.69 Å². The lowest BCUT2D eigenvalue weighted by Crippen LogP contribution is -2.14. The molecule has 2 aromatic carbocycles. The van der Waals surface area contributed by atoms with Gasteiger partial charge in [-0.25, -0.2) is 0 Å². The molecule has 0 aliphatic rings. The molecule has 0 fully saturated rings. The molecule has 40 heavy (non-hydrogen) atoms. The molecule has 7 aromatic rings. The zero-order valence-electron chi connectivity index (χ0n) is 21.3. The van der Waals surface area contributed by atoms with E-state index in [1.54, 1.807) is 24.8 Å². The number of amides is 1. The number of aromatic amines is 2. The molecule has 0 spiro atoms. The predicted molar refractivity (Wildman–Crippen MR) is 156 cm³/mol. The van der Waals surface area contributed by atoms with E-state index in [0.717, 1.165) is 61.3 Å². The van der Waals surface area contributed by atoms with Crippen molar-refractivity contribution in [3.05, 3.63) is 115 Å². The number of carbonyl (C=O) groups is 1.